The van der Waals surface area contributed by atoms with Gasteiger partial charge in [-0.3, -0.25) is 9.36 Å². The smallest absolute Gasteiger partial charge is 0.408 e. The van der Waals surface area contributed by atoms with Crippen LogP contribution < -0.4 is 10.7 Å². The van der Waals surface area contributed by atoms with Crippen LogP contribution in [0.25, 0.3) is 11.1 Å². The molecule has 1 atom stereocenters. The van der Waals surface area contributed by atoms with Gasteiger partial charge in [-0.05, 0) is 49.2 Å². The van der Waals surface area contributed by atoms with E-state index in [9.17, 15) is 22.4 Å². The average Bonchev–Trinajstić information content (AvgIpc) is 3.17. The van der Waals surface area contributed by atoms with Crippen molar-refractivity contribution in [3.63, 3.8) is 0 Å². The number of aromatic nitrogens is 1. The van der Waals surface area contributed by atoms with Crippen molar-refractivity contribution in [3.8, 4) is 0 Å². The molecular weight excluding hydrogens is 475 g/mol. The van der Waals surface area contributed by atoms with Gasteiger partial charge in [-0.25, -0.2) is 17.6 Å². The summed E-state index contributed by atoms with van der Waals surface area (Å²) in [5, 5.41) is 0. The molecule has 0 spiro atoms. The van der Waals surface area contributed by atoms with E-state index in [4.69, 9.17) is 4.42 Å². The third-order valence-electron chi connectivity index (χ3n) is 6.92. The maximum Gasteiger partial charge on any atom is 0.419 e. The summed E-state index contributed by atoms with van der Waals surface area (Å²) in [6, 6.07) is 10.7. The molecule has 35 heavy (non-hydrogen) atoms. The highest BCUT2D eigenvalue weighted by atomic mass is 32.2. The Morgan fingerprint density at radius 1 is 1.03 bits per heavy atom. The summed E-state index contributed by atoms with van der Waals surface area (Å²) in [5.41, 5.74) is 1.64. The lowest BCUT2D eigenvalue weighted by atomic mass is 9.97. The van der Waals surface area contributed by atoms with Crippen LogP contribution in [-0.4, -0.2) is 67.4 Å². The summed E-state index contributed by atoms with van der Waals surface area (Å²) >= 11 is 0. The first-order valence-corrected chi connectivity index (χ1v) is 13.1. The molecule has 5 rings (SSSR count). The van der Waals surface area contributed by atoms with Crippen molar-refractivity contribution in [2.24, 2.45) is 13.0 Å². The molecule has 0 unspecified atom stereocenters. The van der Waals surface area contributed by atoms with E-state index >= 15 is 0 Å². The van der Waals surface area contributed by atoms with Gasteiger partial charge in [0.25, 0.3) is 0 Å². The van der Waals surface area contributed by atoms with Gasteiger partial charge in [0, 0.05) is 58.1 Å². The summed E-state index contributed by atoms with van der Waals surface area (Å²) in [7, 11) is -2.29. The minimum Gasteiger partial charge on any atom is -0.408 e. The van der Waals surface area contributed by atoms with E-state index in [1.807, 2.05) is 0 Å². The Bertz CT molecular complexity index is 1410. The molecule has 2 saturated heterocycles. The van der Waals surface area contributed by atoms with Gasteiger partial charge in [0.15, 0.2) is 5.58 Å². The average molecular weight is 503 g/mol. The monoisotopic (exact) mass is 502 g/mol. The second kappa shape index (κ2) is 9.12. The van der Waals surface area contributed by atoms with Gasteiger partial charge in [-0.2, -0.15) is 4.31 Å². The SMILES string of the molecule is Cn1c(=O)oc2cc(S(=O)(=O)N3CCC[C@H](C(=O)N4CCN(c5ccc(F)cc5)CC4)C3)ccc21. The first-order valence-electron chi connectivity index (χ1n) is 11.6. The highest BCUT2D eigenvalue weighted by molar-refractivity contribution is 7.89. The maximum atomic E-state index is 13.3. The predicted molar refractivity (Wildman–Crippen MR) is 128 cm³/mol. The number of piperidine rings is 1. The van der Waals surface area contributed by atoms with Crippen LogP contribution in [-0.2, 0) is 21.9 Å². The number of piperazine rings is 1. The highest BCUT2D eigenvalue weighted by Crippen LogP contribution is 2.27. The summed E-state index contributed by atoms with van der Waals surface area (Å²) in [5.74, 6) is -1.28. The maximum absolute atomic E-state index is 13.3. The third-order valence-corrected chi connectivity index (χ3v) is 8.78. The Morgan fingerprint density at radius 2 is 1.74 bits per heavy atom. The fraction of sp³-hybridized carbons (Fsp3) is 0.417. The van der Waals surface area contributed by atoms with Crippen LogP contribution in [0.2, 0.25) is 0 Å². The number of sulfonamides is 1. The molecule has 3 aromatic rings. The number of carbonyl (C=O) groups is 1. The van der Waals surface area contributed by atoms with Gasteiger partial charge in [-0.15, -0.1) is 0 Å². The number of nitrogens with zero attached hydrogens (tertiary/aromatic N) is 4. The molecule has 0 aliphatic carbocycles. The number of fused-ring (bicyclic) bond motifs is 1. The van der Waals surface area contributed by atoms with Crippen LogP contribution in [0, 0.1) is 11.7 Å². The van der Waals surface area contributed by atoms with Crippen molar-refractivity contribution < 1.29 is 22.0 Å². The summed E-state index contributed by atoms with van der Waals surface area (Å²) in [6.45, 7) is 2.78. The first kappa shape index (κ1) is 23.6. The van der Waals surface area contributed by atoms with Crippen LogP contribution in [0.4, 0.5) is 10.1 Å². The molecule has 2 aliphatic heterocycles. The molecule has 1 aromatic heterocycles. The lowest BCUT2D eigenvalue weighted by Crippen LogP contribution is -2.53. The molecular formula is C24H27FN4O5S. The van der Waals surface area contributed by atoms with Crippen LogP contribution >= 0.6 is 0 Å². The fourth-order valence-corrected chi connectivity index (χ4v) is 6.42. The lowest BCUT2D eigenvalue weighted by molar-refractivity contribution is -0.137. The summed E-state index contributed by atoms with van der Waals surface area (Å²) in [6.07, 6.45) is 1.23. The fourth-order valence-electron chi connectivity index (χ4n) is 4.88. The number of anilines is 1. The molecule has 9 nitrogen and oxygen atoms in total. The van der Waals surface area contributed by atoms with Crippen molar-refractivity contribution in [1.29, 1.82) is 0 Å². The first-order chi connectivity index (χ1) is 16.7. The normalized spacial score (nSPS) is 19.9. The van der Waals surface area contributed by atoms with Gasteiger partial charge in [-0.1, -0.05) is 0 Å². The van der Waals surface area contributed by atoms with Gasteiger partial charge in [0.2, 0.25) is 15.9 Å². The van der Waals surface area contributed by atoms with Gasteiger partial charge < -0.3 is 14.2 Å². The van der Waals surface area contributed by atoms with Crippen molar-refractivity contribution in [3.05, 3.63) is 58.8 Å². The molecule has 0 radical (unpaired) electrons. The Balaban J connectivity index is 1.26. The Kier molecular flexibility index (Phi) is 6.14. The second-order valence-electron chi connectivity index (χ2n) is 9.05. The van der Waals surface area contributed by atoms with E-state index in [2.05, 4.69) is 4.90 Å². The molecule has 2 aromatic carbocycles. The number of oxazole rings is 1. The molecule has 0 N–H and O–H groups in total. The third kappa shape index (κ3) is 4.45. The number of amides is 1. The van der Waals surface area contributed by atoms with Gasteiger partial charge >= 0.3 is 5.76 Å². The van der Waals surface area contributed by atoms with Gasteiger partial charge in [0.05, 0.1) is 16.3 Å². The van der Waals surface area contributed by atoms with Crippen LogP contribution in [0.1, 0.15) is 12.8 Å². The van der Waals surface area contributed by atoms with Crippen molar-refractivity contribution in [2.75, 3.05) is 44.2 Å². The zero-order chi connectivity index (χ0) is 24.7. The number of carbonyl (C=O) groups excluding carboxylic acids is 1. The lowest BCUT2D eigenvalue weighted by Gasteiger charge is -2.39. The van der Waals surface area contributed by atoms with Crippen molar-refractivity contribution in [2.45, 2.75) is 17.7 Å². The van der Waals surface area contributed by atoms with Crippen molar-refractivity contribution in [1.82, 2.24) is 13.8 Å². The van der Waals surface area contributed by atoms with E-state index in [0.717, 1.165) is 5.69 Å². The summed E-state index contributed by atoms with van der Waals surface area (Å²) in [4.78, 5) is 29.0. The molecule has 1 amide bonds. The van der Waals surface area contributed by atoms with E-state index in [0.29, 0.717) is 51.1 Å². The number of rotatable bonds is 4. The molecule has 3 heterocycles. The Morgan fingerprint density at radius 3 is 2.46 bits per heavy atom. The Hall–Kier alpha value is -3.18. The molecule has 0 saturated carbocycles. The van der Waals surface area contributed by atoms with Crippen molar-refractivity contribution >= 4 is 32.7 Å². The number of hydrogen-bond acceptors (Lipinski definition) is 6. The molecule has 186 valence electrons. The predicted octanol–water partition coefficient (Wildman–Crippen LogP) is 2.02. The number of hydrogen-bond donors (Lipinski definition) is 0. The molecule has 0 bridgehead atoms. The van der Waals surface area contributed by atoms with E-state index in [1.54, 1.807) is 30.1 Å². The van der Waals surface area contributed by atoms with E-state index < -0.39 is 21.7 Å². The minimum atomic E-state index is -3.85. The quantitative estimate of drug-likeness (QED) is 0.542. The molecule has 11 heteroatoms. The number of aryl methyl sites for hydroxylation is 1. The highest BCUT2D eigenvalue weighted by Gasteiger charge is 2.36. The number of halogens is 1. The minimum absolute atomic E-state index is 0.0341. The second-order valence-corrected chi connectivity index (χ2v) is 11.0. The molecule has 2 fully saturated rings. The van der Waals surface area contributed by atoms with Crippen LogP contribution in [0.15, 0.2) is 56.6 Å². The van der Waals surface area contributed by atoms with Crippen LogP contribution in [0.5, 0.6) is 0 Å². The zero-order valence-electron chi connectivity index (χ0n) is 19.4. The van der Waals surface area contributed by atoms with Crippen LogP contribution in [0.3, 0.4) is 0 Å². The molecule has 2 aliphatic rings. The van der Waals surface area contributed by atoms with Gasteiger partial charge in [0.1, 0.15) is 5.82 Å². The van der Waals surface area contributed by atoms with E-state index in [-0.39, 0.29) is 28.7 Å². The standard InChI is InChI=1S/C24H27FN4O5S/c1-26-21-9-8-20(15-22(21)34-24(26)31)35(32,33)29-10-2-3-17(16-29)23(30)28-13-11-27(12-14-28)19-6-4-18(25)5-7-19/h4-9,15,17H,2-3,10-14,16H2,1H3/t17-/m0/s1. The summed E-state index contributed by atoms with van der Waals surface area (Å²) < 4.78 is 47.7. The Labute approximate surface area is 202 Å². The van der Waals surface area contributed by atoms with E-state index in [1.165, 1.54) is 33.1 Å². The largest absolute Gasteiger partial charge is 0.419 e. The zero-order valence-corrected chi connectivity index (χ0v) is 20.2. The number of benzene rings is 2. The topological polar surface area (TPSA) is 96.1 Å².